The molecule has 1 aliphatic heterocycles. The lowest BCUT2D eigenvalue weighted by atomic mass is 10.2. The molecule has 1 atom stereocenters. The lowest BCUT2D eigenvalue weighted by Crippen LogP contribution is -2.37. The molecular weight excluding hydrogens is 614 g/mol. The van der Waals surface area contributed by atoms with Crippen LogP contribution >= 0.6 is 15.9 Å². The van der Waals surface area contributed by atoms with Gasteiger partial charge in [0, 0.05) is 55.7 Å². The van der Waals surface area contributed by atoms with Crippen LogP contribution < -0.4 is 21.5 Å². The number of hydrogen-bond acceptors (Lipinski definition) is 8. The first-order valence-electron chi connectivity index (χ1n) is 13.9. The largest absolute Gasteiger partial charge is 0.338 e. The Morgan fingerprint density at radius 1 is 1.05 bits per heavy atom. The van der Waals surface area contributed by atoms with E-state index in [1.165, 1.54) is 11.6 Å². The molecule has 6 rings (SSSR count). The van der Waals surface area contributed by atoms with Crippen molar-refractivity contribution in [3.05, 3.63) is 91.6 Å². The summed E-state index contributed by atoms with van der Waals surface area (Å²) < 4.78 is 4.94. The topological polar surface area (TPSA) is 133 Å². The molecule has 5 aromatic rings. The highest BCUT2D eigenvalue weighted by atomic mass is 79.9. The van der Waals surface area contributed by atoms with E-state index in [1.807, 2.05) is 30.3 Å². The molecule has 220 valence electrons. The monoisotopic (exact) mass is 643 g/mol. The number of amides is 1. The fourth-order valence-corrected chi connectivity index (χ4v) is 5.89. The number of aromatic nitrogens is 7. The molecule has 0 bridgehead atoms. The fourth-order valence-electron chi connectivity index (χ4n) is 5.44. The Kier molecular flexibility index (Phi) is 7.65. The quantitative estimate of drug-likeness (QED) is 0.286. The highest BCUT2D eigenvalue weighted by Crippen LogP contribution is 2.24. The number of halogens is 1. The lowest BCUT2D eigenvalue weighted by Gasteiger charge is -2.20. The highest BCUT2D eigenvalue weighted by Gasteiger charge is 2.23. The van der Waals surface area contributed by atoms with E-state index in [1.54, 1.807) is 36.1 Å². The van der Waals surface area contributed by atoms with Gasteiger partial charge in [0.15, 0.2) is 11.2 Å². The van der Waals surface area contributed by atoms with Crippen LogP contribution in [0.1, 0.15) is 31.2 Å². The first kappa shape index (κ1) is 28.5. The van der Waals surface area contributed by atoms with Crippen molar-refractivity contribution in [2.24, 2.45) is 14.1 Å². The number of hydrogen-bond donors (Lipinski definition) is 1. The third kappa shape index (κ3) is 5.59. The zero-order valence-corrected chi connectivity index (χ0v) is 25.6. The molecule has 1 aromatic carbocycles. The minimum absolute atomic E-state index is 0.141. The maximum Gasteiger partial charge on any atom is 0.332 e. The molecule has 0 unspecified atom stereocenters. The summed E-state index contributed by atoms with van der Waals surface area (Å²) in [5, 5.41) is 2.85. The number of pyridine rings is 1. The van der Waals surface area contributed by atoms with Crippen molar-refractivity contribution in [1.82, 2.24) is 33.6 Å². The summed E-state index contributed by atoms with van der Waals surface area (Å²) in [5.41, 5.74) is 1.76. The van der Waals surface area contributed by atoms with Crippen molar-refractivity contribution >= 4 is 44.8 Å². The van der Waals surface area contributed by atoms with Gasteiger partial charge >= 0.3 is 5.69 Å². The predicted molar refractivity (Wildman–Crippen MR) is 167 cm³/mol. The molecule has 1 saturated heterocycles. The van der Waals surface area contributed by atoms with E-state index in [2.05, 4.69) is 53.0 Å². The van der Waals surface area contributed by atoms with Crippen molar-refractivity contribution in [3.63, 3.8) is 0 Å². The van der Waals surface area contributed by atoms with Crippen LogP contribution in [0.4, 0.5) is 11.8 Å². The summed E-state index contributed by atoms with van der Waals surface area (Å²) in [6.07, 6.45) is 5.61. The van der Waals surface area contributed by atoms with Crippen molar-refractivity contribution in [2.45, 2.75) is 38.8 Å². The number of nitrogens with one attached hydrogen (secondary N) is 1. The van der Waals surface area contributed by atoms with Crippen molar-refractivity contribution in [1.29, 1.82) is 0 Å². The molecule has 0 saturated carbocycles. The van der Waals surface area contributed by atoms with E-state index in [9.17, 15) is 14.4 Å². The summed E-state index contributed by atoms with van der Waals surface area (Å²) in [7, 11) is 2.99. The first-order chi connectivity index (χ1) is 20.7. The number of aryl methyl sites for hydroxylation is 1. The van der Waals surface area contributed by atoms with Gasteiger partial charge < -0.3 is 14.8 Å². The van der Waals surface area contributed by atoms with Gasteiger partial charge in [0.1, 0.15) is 11.6 Å². The van der Waals surface area contributed by atoms with Crippen molar-refractivity contribution in [2.75, 3.05) is 16.8 Å². The van der Waals surface area contributed by atoms with E-state index in [0.717, 1.165) is 39.6 Å². The minimum Gasteiger partial charge on any atom is -0.338 e. The summed E-state index contributed by atoms with van der Waals surface area (Å²) in [5.74, 6) is 1.04. The lowest BCUT2D eigenvalue weighted by molar-refractivity contribution is -0.115. The summed E-state index contributed by atoms with van der Waals surface area (Å²) in [4.78, 5) is 59.6. The molecule has 4 aromatic heterocycles. The van der Waals surface area contributed by atoms with Crippen LogP contribution in [0.25, 0.3) is 22.4 Å². The van der Waals surface area contributed by atoms with Gasteiger partial charge in [-0.3, -0.25) is 18.7 Å². The number of fused-ring (bicyclic) bond motifs is 1. The van der Waals surface area contributed by atoms with Gasteiger partial charge in [-0.2, -0.15) is 0 Å². The Bertz CT molecular complexity index is 1960. The molecule has 1 N–H and O–H groups in total. The van der Waals surface area contributed by atoms with E-state index in [0.29, 0.717) is 29.3 Å². The Hall–Kier alpha value is -4.65. The third-order valence-corrected chi connectivity index (χ3v) is 8.23. The molecule has 1 aliphatic rings. The molecule has 13 heteroatoms. The zero-order valence-electron chi connectivity index (χ0n) is 24.0. The van der Waals surface area contributed by atoms with Crippen LogP contribution in [-0.2, 0) is 31.9 Å². The van der Waals surface area contributed by atoms with Gasteiger partial charge in [0.05, 0.1) is 12.1 Å². The van der Waals surface area contributed by atoms with Crippen LogP contribution in [0.3, 0.4) is 0 Å². The smallest absolute Gasteiger partial charge is 0.332 e. The second-order valence-electron chi connectivity index (χ2n) is 10.7. The number of imidazole rings is 1. The molecule has 5 heterocycles. The van der Waals surface area contributed by atoms with Gasteiger partial charge in [-0.1, -0.05) is 34.1 Å². The number of nitrogens with zero attached hydrogens (tertiary/aromatic N) is 8. The molecule has 0 radical (unpaired) electrons. The normalized spacial score (nSPS) is 14.9. The van der Waals surface area contributed by atoms with Gasteiger partial charge in [-0.25, -0.2) is 24.7 Å². The summed E-state index contributed by atoms with van der Waals surface area (Å²) in [6, 6.07) is 13.4. The molecular formula is C30H30BrN9O3. The zero-order chi connectivity index (χ0) is 30.2. The number of rotatable bonds is 7. The van der Waals surface area contributed by atoms with Crippen LogP contribution in [0.2, 0.25) is 0 Å². The van der Waals surface area contributed by atoms with Gasteiger partial charge in [0.25, 0.3) is 5.56 Å². The van der Waals surface area contributed by atoms with Crippen LogP contribution in [0.15, 0.2) is 68.9 Å². The minimum atomic E-state index is -0.492. The maximum absolute atomic E-state index is 13.3. The Labute approximate surface area is 255 Å². The molecule has 1 fully saturated rings. The average Bonchev–Trinajstić information content (AvgIpc) is 3.58. The van der Waals surface area contributed by atoms with Crippen molar-refractivity contribution in [3.8, 4) is 11.3 Å². The number of carbonyl (C=O) groups is 1. The van der Waals surface area contributed by atoms with Crippen molar-refractivity contribution < 1.29 is 4.79 Å². The van der Waals surface area contributed by atoms with E-state index >= 15 is 0 Å². The highest BCUT2D eigenvalue weighted by molar-refractivity contribution is 9.10. The average molecular weight is 645 g/mol. The van der Waals surface area contributed by atoms with Gasteiger partial charge in [0.2, 0.25) is 11.9 Å². The second kappa shape index (κ2) is 11.6. The predicted octanol–water partition coefficient (Wildman–Crippen LogP) is 3.27. The van der Waals surface area contributed by atoms with Gasteiger partial charge in [-0.05, 0) is 49.6 Å². The standard InChI is InChI=1S/C30H30BrN9O3/c1-18-7-6-12-39(18)29-32-15-20(16-33-29)22-10-5-11-23(34-22)35-25(41)14-24-36-27-26(28(42)38(3)30(43)37(27)2)40(24)17-19-8-4-9-21(31)13-19/h4-5,8-11,13,15-16,18H,6-7,12,14,17H2,1-3H3,(H,34,35,41)/t18-/m0/s1. The Morgan fingerprint density at radius 3 is 2.53 bits per heavy atom. The van der Waals surface area contributed by atoms with Crippen LogP contribution in [-0.4, -0.2) is 52.1 Å². The summed E-state index contributed by atoms with van der Waals surface area (Å²) in [6.45, 7) is 3.40. The van der Waals surface area contributed by atoms with E-state index in [-0.39, 0.29) is 30.0 Å². The van der Waals surface area contributed by atoms with Gasteiger partial charge in [-0.15, -0.1) is 0 Å². The molecule has 1 amide bonds. The molecule has 0 aliphatic carbocycles. The second-order valence-corrected chi connectivity index (χ2v) is 11.6. The Balaban J connectivity index is 1.27. The first-order valence-corrected chi connectivity index (χ1v) is 14.7. The Morgan fingerprint density at radius 2 is 1.81 bits per heavy atom. The number of benzene rings is 1. The molecule has 0 spiro atoms. The number of carbonyl (C=O) groups excluding carboxylic acids is 1. The SMILES string of the molecule is C[C@H]1CCCN1c1ncc(-c2cccc(NC(=O)Cc3nc4c(c(=O)n(C)c(=O)n4C)n3Cc3cccc(Br)c3)n2)cn1. The fraction of sp³-hybridized carbons (Fsp3) is 0.300. The van der Waals surface area contributed by atoms with E-state index < -0.39 is 11.2 Å². The third-order valence-electron chi connectivity index (χ3n) is 7.74. The number of anilines is 2. The van der Waals surface area contributed by atoms with Crippen LogP contribution in [0.5, 0.6) is 0 Å². The van der Waals surface area contributed by atoms with Crippen LogP contribution in [0, 0.1) is 0 Å². The maximum atomic E-state index is 13.3. The molecule has 12 nitrogen and oxygen atoms in total. The van der Waals surface area contributed by atoms with E-state index in [4.69, 9.17) is 0 Å². The molecule has 43 heavy (non-hydrogen) atoms. The summed E-state index contributed by atoms with van der Waals surface area (Å²) >= 11 is 3.49.